The molecule has 0 radical (unpaired) electrons. The number of furan rings is 1. The van der Waals surface area contributed by atoms with E-state index < -0.39 is 12.6 Å². The van der Waals surface area contributed by atoms with Gasteiger partial charge in [0.25, 0.3) is 0 Å². The number of fused-ring (bicyclic) bond motifs is 1. The van der Waals surface area contributed by atoms with Gasteiger partial charge in [0.05, 0.1) is 5.56 Å². The summed E-state index contributed by atoms with van der Waals surface area (Å²) in [4.78, 5) is 10.6. The zero-order chi connectivity index (χ0) is 10.1. The van der Waals surface area contributed by atoms with Crippen molar-refractivity contribution in [2.75, 3.05) is 0 Å². The van der Waals surface area contributed by atoms with Gasteiger partial charge in [0.2, 0.25) is 0 Å². The normalized spacial score (nSPS) is 10.6. The summed E-state index contributed by atoms with van der Waals surface area (Å²) in [7, 11) is 0. The number of rotatable bonds is 2. The molecule has 1 heterocycles. The van der Waals surface area contributed by atoms with Crippen molar-refractivity contribution < 1.29 is 18.7 Å². The van der Waals surface area contributed by atoms with Gasteiger partial charge in [-0.15, -0.1) is 0 Å². The molecule has 0 bridgehead atoms. The van der Waals surface area contributed by atoms with E-state index in [1.807, 2.05) is 0 Å². The van der Waals surface area contributed by atoms with Gasteiger partial charge < -0.3 is 9.52 Å². The number of carboxylic acids is 1. The fourth-order valence-electron chi connectivity index (χ4n) is 1.30. The highest BCUT2D eigenvalue weighted by molar-refractivity contribution is 5.93. The molecular weight excluding hydrogens is 187 g/mol. The molecule has 2 rings (SSSR count). The van der Waals surface area contributed by atoms with Gasteiger partial charge >= 0.3 is 5.97 Å². The van der Waals surface area contributed by atoms with Gasteiger partial charge in [0.15, 0.2) is 0 Å². The third-order valence-electron chi connectivity index (χ3n) is 1.95. The van der Waals surface area contributed by atoms with Crippen LogP contribution in [-0.2, 0) is 6.67 Å². The van der Waals surface area contributed by atoms with Crippen LogP contribution in [0.5, 0.6) is 0 Å². The average molecular weight is 194 g/mol. The van der Waals surface area contributed by atoms with Crippen molar-refractivity contribution in [1.29, 1.82) is 0 Å². The first kappa shape index (κ1) is 8.74. The molecule has 2 aromatic rings. The van der Waals surface area contributed by atoms with Gasteiger partial charge in [-0.1, -0.05) is 0 Å². The highest BCUT2D eigenvalue weighted by Crippen LogP contribution is 2.21. The molecule has 0 atom stereocenters. The van der Waals surface area contributed by atoms with E-state index in [9.17, 15) is 9.18 Å². The molecule has 72 valence electrons. The van der Waals surface area contributed by atoms with Crippen molar-refractivity contribution in [3.8, 4) is 0 Å². The summed E-state index contributed by atoms with van der Waals surface area (Å²) in [6.07, 6.45) is 0. The van der Waals surface area contributed by atoms with Gasteiger partial charge in [0, 0.05) is 5.39 Å². The van der Waals surface area contributed by atoms with Crippen molar-refractivity contribution in [3.05, 3.63) is 35.6 Å². The van der Waals surface area contributed by atoms with E-state index in [1.165, 1.54) is 24.3 Å². The lowest BCUT2D eigenvalue weighted by Gasteiger charge is -1.92. The second-order valence-electron chi connectivity index (χ2n) is 2.90. The van der Waals surface area contributed by atoms with E-state index in [-0.39, 0.29) is 11.3 Å². The zero-order valence-electron chi connectivity index (χ0n) is 7.16. The molecule has 14 heavy (non-hydrogen) atoms. The van der Waals surface area contributed by atoms with E-state index in [1.54, 1.807) is 0 Å². The van der Waals surface area contributed by atoms with Gasteiger partial charge in [0.1, 0.15) is 18.0 Å². The molecular formula is C10H7FO3. The lowest BCUT2D eigenvalue weighted by Crippen LogP contribution is -1.94. The fourth-order valence-corrected chi connectivity index (χ4v) is 1.30. The third-order valence-corrected chi connectivity index (χ3v) is 1.95. The molecule has 0 aliphatic carbocycles. The van der Waals surface area contributed by atoms with Crippen LogP contribution >= 0.6 is 0 Å². The van der Waals surface area contributed by atoms with Crippen molar-refractivity contribution >= 4 is 16.9 Å². The molecule has 0 saturated carbocycles. The molecule has 4 heteroatoms. The van der Waals surface area contributed by atoms with E-state index in [0.29, 0.717) is 11.0 Å². The molecule has 0 aliphatic rings. The van der Waals surface area contributed by atoms with Gasteiger partial charge in [-0.3, -0.25) is 0 Å². The number of aromatic carboxylic acids is 1. The molecule has 0 spiro atoms. The van der Waals surface area contributed by atoms with Crippen LogP contribution in [0, 0.1) is 0 Å². The SMILES string of the molecule is O=C(O)c1ccc2oc(CF)cc2c1. The minimum Gasteiger partial charge on any atom is -0.478 e. The minimum atomic E-state index is -1.00. The van der Waals surface area contributed by atoms with Crippen molar-refractivity contribution in [2.24, 2.45) is 0 Å². The average Bonchev–Trinajstić information content (AvgIpc) is 2.58. The van der Waals surface area contributed by atoms with Crippen LogP contribution in [0.2, 0.25) is 0 Å². The molecule has 0 fully saturated rings. The first-order valence-electron chi connectivity index (χ1n) is 4.02. The third kappa shape index (κ3) is 1.35. The van der Waals surface area contributed by atoms with Crippen molar-refractivity contribution in [3.63, 3.8) is 0 Å². The molecule has 0 amide bonds. The number of carboxylic acid groups (broad SMARTS) is 1. The molecule has 0 saturated heterocycles. The largest absolute Gasteiger partial charge is 0.478 e. The molecule has 1 aromatic heterocycles. The van der Waals surface area contributed by atoms with Gasteiger partial charge in [-0.25, -0.2) is 9.18 Å². The van der Waals surface area contributed by atoms with E-state index >= 15 is 0 Å². The maximum Gasteiger partial charge on any atom is 0.335 e. The van der Waals surface area contributed by atoms with Crippen LogP contribution in [-0.4, -0.2) is 11.1 Å². The predicted octanol–water partition coefficient (Wildman–Crippen LogP) is 2.60. The molecule has 0 aliphatic heterocycles. The Bertz CT molecular complexity index is 487. The summed E-state index contributed by atoms with van der Waals surface area (Å²) in [6.45, 7) is -0.683. The first-order chi connectivity index (χ1) is 6.70. The molecule has 1 aromatic carbocycles. The van der Waals surface area contributed by atoms with Gasteiger partial charge in [-0.2, -0.15) is 0 Å². The number of hydrogen-bond donors (Lipinski definition) is 1. The lowest BCUT2D eigenvalue weighted by atomic mass is 10.1. The van der Waals surface area contributed by atoms with E-state index in [2.05, 4.69) is 0 Å². The standard InChI is InChI=1S/C10H7FO3/c11-5-8-4-7-3-6(10(12)13)1-2-9(7)14-8/h1-4H,5H2,(H,12,13). The number of halogens is 1. The van der Waals surface area contributed by atoms with Crippen molar-refractivity contribution in [2.45, 2.75) is 6.67 Å². The summed E-state index contributed by atoms with van der Waals surface area (Å²) < 4.78 is 17.3. The summed E-state index contributed by atoms with van der Waals surface area (Å²) in [6, 6.07) is 5.91. The Kier molecular flexibility index (Phi) is 1.96. The number of carbonyl (C=O) groups is 1. The first-order valence-corrected chi connectivity index (χ1v) is 4.02. The Morgan fingerprint density at radius 1 is 1.43 bits per heavy atom. The van der Waals surface area contributed by atoms with Crippen molar-refractivity contribution in [1.82, 2.24) is 0 Å². The summed E-state index contributed by atoms with van der Waals surface area (Å²) in [5.74, 6) is -0.794. The maximum absolute atomic E-state index is 12.2. The summed E-state index contributed by atoms with van der Waals surface area (Å²) in [5, 5.41) is 9.31. The van der Waals surface area contributed by atoms with Crippen LogP contribution in [0.4, 0.5) is 4.39 Å². The molecule has 0 unspecified atom stereocenters. The van der Waals surface area contributed by atoms with E-state index in [4.69, 9.17) is 9.52 Å². The smallest absolute Gasteiger partial charge is 0.335 e. The quantitative estimate of drug-likeness (QED) is 0.799. The Labute approximate surface area is 78.8 Å². The Hall–Kier alpha value is -1.84. The topological polar surface area (TPSA) is 50.4 Å². The van der Waals surface area contributed by atoms with Crippen LogP contribution < -0.4 is 0 Å². The van der Waals surface area contributed by atoms with Crippen LogP contribution in [0.15, 0.2) is 28.7 Å². The molecule has 1 N–H and O–H groups in total. The monoisotopic (exact) mass is 194 g/mol. The van der Waals surface area contributed by atoms with Crippen LogP contribution in [0.1, 0.15) is 16.1 Å². The Morgan fingerprint density at radius 3 is 2.86 bits per heavy atom. The number of alkyl halides is 1. The van der Waals surface area contributed by atoms with Crippen LogP contribution in [0.3, 0.4) is 0 Å². The van der Waals surface area contributed by atoms with Crippen LogP contribution in [0.25, 0.3) is 11.0 Å². The predicted molar refractivity (Wildman–Crippen MR) is 48.0 cm³/mol. The maximum atomic E-state index is 12.2. The Morgan fingerprint density at radius 2 is 2.21 bits per heavy atom. The summed E-state index contributed by atoms with van der Waals surface area (Å²) in [5.41, 5.74) is 0.673. The second-order valence-corrected chi connectivity index (χ2v) is 2.90. The Balaban J connectivity index is 2.59. The summed E-state index contributed by atoms with van der Waals surface area (Å²) >= 11 is 0. The minimum absolute atomic E-state index is 0.170. The zero-order valence-corrected chi connectivity index (χ0v) is 7.16. The number of hydrogen-bond acceptors (Lipinski definition) is 2. The fraction of sp³-hybridized carbons (Fsp3) is 0.100. The number of benzene rings is 1. The highest BCUT2D eigenvalue weighted by atomic mass is 19.1. The van der Waals surface area contributed by atoms with E-state index in [0.717, 1.165) is 0 Å². The molecule has 3 nitrogen and oxygen atoms in total. The second kappa shape index (κ2) is 3.14. The lowest BCUT2D eigenvalue weighted by molar-refractivity contribution is 0.0697. The van der Waals surface area contributed by atoms with Gasteiger partial charge in [-0.05, 0) is 24.3 Å². The highest BCUT2D eigenvalue weighted by Gasteiger charge is 2.07.